The number of aromatic amines is 1. The number of rotatable bonds is 7. The van der Waals surface area contributed by atoms with E-state index in [9.17, 15) is 13.2 Å². The molecule has 33 heavy (non-hydrogen) atoms. The monoisotopic (exact) mass is 476 g/mol. The Morgan fingerprint density at radius 2 is 2.00 bits per heavy atom. The number of halogens is 4. The smallest absolute Gasteiger partial charge is 0.387 e. The summed E-state index contributed by atoms with van der Waals surface area (Å²) in [6.07, 6.45) is 4.48. The van der Waals surface area contributed by atoms with Crippen LogP contribution in [0, 0.1) is 19.7 Å². The zero-order valence-corrected chi connectivity index (χ0v) is 19.5. The summed E-state index contributed by atoms with van der Waals surface area (Å²) < 4.78 is 46.8. The lowest BCUT2D eigenvalue weighted by atomic mass is 9.91. The zero-order chi connectivity index (χ0) is 23.9. The highest BCUT2D eigenvalue weighted by Crippen LogP contribution is 2.41. The number of hydrogen-bond donors (Lipinski definition) is 1. The Morgan fingerprint density at radius 3 is 2.70 bits per heavy atom. The minimum atomic E-state index is -3.06. The molecule has 0 spiro atoms. The molecule has 1 aromatic carbocycles. The van der Waals surface area contributed by atoms with Crippen molar-refractivity contribution in [1.82, 2.24) is 19.7 Å². The molecule has 0 amide bonds. The van der Waals surface area contributed by atoms with E-state index in [2.05, 4.69) is 26.7 Å². The van der Waals surface area contributed by atoms with Crippen LogP contribution in [0.15, 0.2) is 30.6 Å². The number of hydrogen-bond acceptors (Lipinski definition) is 3. The maximum absolute atomic E-state index is 14.2. The molecule has 0 aliphatic carbocycles. The molecule has 5 nitrogen and oxygen atoms in total. The SMILES string of the molecule is CCCn1nc(C)c(-c2cnc3[nH]cc([C@H](C)c4c(OC(F)F)ccc(F)c4Cl)c3c2)c1C. The molecule has 174 valence electrons. The minimum absolute atomic E-state index is 0.158. The molecule has 0 aliphatic rings. The molecule has 1 atom stereocenters. The Balaban J connectivity index is 1.84. The average molecular weight is 477 g/mol. The highest BCUT2D eigenvalue weighted by Gasteiger charge is 2.25. The molecular weight excluding hydrogens is 453 g/mol. The van der Waals surface area contributed by atoms with E-state index in [1.54, 1.807) is 19.3 Å². The van der Waals surface area contributed by atoms with E-state index in [0.29, 0.717) is 5.65 Å². The molecule has 0 aliphatic heterocycles. The fraction of sp³-hybridized carbons (Fsp3) is 0.333. The Hall–Kier alpha value is -3.00. The van der Waals surface area contributed by atoms with Crippen molar-refractivity contribution in [1.29, 1.82) is 0 Å². The van der Waals surface area contributed by atoms with Gasteiger partial charge in [-0.2, -0.15) is 13.9 Å². The first-order chi connectivity index (χ1) is 15.7. The number of H-pyrrole nitrogens is 1. The second kappa shape index (κ2) is 9.09. The molecule has 9 heteroatoms. The van der Waals surface area contributed by atoms with Crippen molar-refractivity contribution in [2.24, 2.45) is 0 Å². The number of fused-ring (bicyclic) bond motifs is 1. The Kier molecular flexibility index (Phi) is 6.38. The van der Waals surface area contributed by atoms with Crippen LogP contribution in [-0.2, 0) is 6.54 Å². The quantitative estimate of drug-likeness (QED) is 0.312. The van der Waals surface area contributed by atoms with Gasteiger partial charge in [0.15, 0.2) is 0 Å². The van der Waals surface area contributed by atoms with Gasteiger partial charge in [0.25, 0.3) is 0 Å². The van der Waals surface area contributed by atoms with E-state index in [-0.39, 0.29) is 16.3 Å². The van der Waals surface area contributed by atoms with Crippen LogP contribution >= 0.6 is 11.6 Å². The second-order valence-electron chi connectivity index (χ2n) is 8.01. The van der Waals surface area contributed by atoms with E-state index in [1.807, 2.05) is 24.6 Å². The van der Waals surface area contributed by atoms with E-state index >= 15 is 0 Å². The second-order valence-corrected chi connectivity index (χ2v) is 8.38. The average Bonchev–Trinajstić information content (AvgIpc) is 3.30. The summed E-state index contributed by atoms with van der Waals surface area (Å²) in [6, 6.07) is 4.18. The first-order valence-electron chi connectivity index (χ1n) is 10.7. The number of aromatic nitrogens is 4. The standard InChI is InChI=1S/C24H24ClF3N4O/c1-5-8-32-14(4)21(13(3)31-32)15-9-16-17(11-30-23(16)29-10-15)12(2)20-19(33-24(27)28)7-6-18(26)22(20)25/h6-7,9-12,24H,5,8H2,1-4H3,(H,29,30)/t12-/m0/s1. The molecule has 4 rings (SSSR count). The molecule has 3 aromatic heterocycles. The van der Waals surface area contributed by atoms with Gasteiger partial charge < -0.3 is 9.72 Å². The van der Waals surface area contributed by atoms with Crippen molar-refractivity contribution < 1.29 is 17.9 Å². The van der Waals surface area contributed by atoms with Gasteiger partial charge in [-0.15, -0.1) is 0 Å². The van der Waals surface area contributed by atoms with Crippen LogP contribution < -0.4 is 4.74 Å². The molecule has 4 aromatic rings. The fourth-order valence-electron chi connectivity index (χ4n) is 4.37. The van der Waals surface area contributed by atoms with Crippen LogP contribution in [0.3, 0.4) is 0 Å². The first-order valence-corrected chi connectivity index (χ1v) is 11.0. The number of nitrogens with one attached hydrogen (secondary N) is 1. The number of ether oxygens (including phenoxy) is 1. The first kappa shape index (κ1) is 23.2. The number of aryl methyl sites for hydroxylation is 2. The van der Waals surface area contributed by atoms with Gasteiger partial charge in [-0.25, -0.2) is 9.37 Å². The van der Waals surface area contributed by atoms with Crippen molar-refractivity contribution in [2.45, 2.75) is 53.2 Å². The minimum Gasteiger partial charge on any atom is -0.434 e. The fourth-order valence-corrected chi connectivity index (χ4v) is 4.69. The molecule has 0 unspecified atom stereocenters. The van der Waals surface area contributed by atoms with Crippen LogP contribution in [0.1, 0.15) is 48.7 Å². The zero-order valence-electron chi connectivity index (χ0n) is 18.7. The highest BCUT2D eigenvalue weighted by molar-refractivity contribution is 6.31. The summed E-state index contributed by atoms with van der Waals surface area (Å²) in [5.74, 6) is -1.40. The van der Waals surface area contributed by atoms with Crippen molar-refractivity contribution in [3.8, 4) is 16.9 Å². The van der Waals surface area contributed by atoms with Crippen LogP contribution in [0.4, 0.5) is 13.2 Å². The lowest BCUT2D eigenvalue weighted by Crippen LogP contribution is -2.08. The van der Waals surface area contributed by atoms with Crippen molar-refractivity contribution in [3.05, 3.63) is 63.9 Å². The molecule has 0 radical (unpaired) electrons. The maximum Gasteiger partial charge on any atom is 0.387 e. The lowest BCUT2D eigenvalue weighted by molar-refractivity contribution is -0.0505. The van der Waals surface area contributed by atoms with Crippen molar-refractivity contribution in [3.63, 3.8) is 0 Å². The largest absolute Gasteiger partial charge is 0.434 e. The van der Waals surface area contributed by atoms with Crippen LogP contribution in [0.25, 0.3) is 22.2 Å². The predicted molar refractivity (Wildman–Crippen MR) is 123 cm³/mol. The van der Waals surface area contributed by atoms with Crippen LogP contribution in [0.5, 0.6) is 5.75 Å². The number of nitrogens with zero attached hydrogens (tertiary/aromatic N) is 3. The lowest BCUT2D eigenvalue weighted by Gasteiger charge is -2.18. The maximum atomic E-state index is 14.2. The summed E-state index contributed by atoms with van der Waals surface area (Å²) in [6.45, 7) is 5.61. The third-order valence-electron chi connectivity index (χ3n) is 5.88. The van der Waals surface area contributed by atoms with Gasteiger partial charge in [-0.1, -0.05) is 25.4 Å². The number of benzene rings is 1. The number of alkyl halides is 2. The van der Waals surface area contributed by atoms with E-state index < -0.39 is 18.3 Å². The normalized spacial score (nSPS) is 12.6. The van der Waals surface area contributed by atoms with Gasteiger partial charge in [0.1, 0.15) is 17.2 Å². The van der Waals surface area contributed by atoms with E-state index in [1.165, 1.54) is 6.07 Å². The van der Waals surface area contributed by atoms with Crippen LogP contribution in [-0.4, -0.2) is 26.4 Å². The summed E-state index contributed by atoms with van der Waals surface area (Å²) >= 11 is 6.21. The topological polar surface area (TPSA) is 55.7 Å². The Labute approximate surface area is 194 Å². The summed E-state index contributed by atoms with van der Waals surface area (Å²) in [5.41, 5.74) is 5.36. The third kappa shape index (κ3) is 4.19. The molecule has 0 fully saturated rings. The van der Waals surface area contributed by atoms with Gasteiger partial charge >= 0.3 is 6.61 Å². The van der Waals surface area contributed by atoms with E-state index in [4.69, 9.17) is 11.6 Å². The van der Waals surface area contributed by atoms with Crippen LogP contribution in [0.2, 0.25) is 5.02 Å². The molecule has 0 saturated carbocycles. The molecule has 3 heterocycles. The summed E-state index contributed by atoms with van der Waals surface area (Å²) in [5, 5.41) is 5.18. The highest BCUT2D eigenvalue weighted by atomic mass is 35.5. The third-order valence-corrected chi connectivity index (χ3v) is 6.26. The summed E-state index contributed by atoms with van der Waals surface area (Å²) in [7, 11) is 0. The molecular formula is C24H24ClF3N4O. The molecule has 0 saturated heterocycles. The Morgan fingerprint density at radius 1 is 1.24 bits per heavy atom. The molecule has 1 N–H and O–H groups in total. The predicted octanol–water partition coefficient (Wildman–Crippen LogP) is 7.00. The molecule has 0 bridgehead atoms. The van der Waals surface area contributed by atoms with Crippen molar-refractivity contribution in [2.75, 3.05) is 0 Å². The van der Waals surface area contributed by atoms with Gasteiger partial charge in [0.2, 0.25) is 0 Å². The van der Waals surface area contributed by atoms with Gasteiger partial charge in [-0.05, 0) is 44.0 Å². The summed E-state index contributed by atoms with van der Waals surface area (Å²) in [4.78, 5) is 7.66. The Bertz CT molecular complexity index is 1320. The van der Waals surface area contributed by atoms with Gasteiger partial charge in [0.05, 0.1) is 10.7 Å². The van der Waals surface area contributed by atoms with E-state index in [0.717, 1.165) is 52.5 Å². The van der Waals surface area contributed by atoms with Gasteiger partial charge in [0, 0.05) is 52.6 Å². The van der Waals surface area contributed by atoms with Gasteiger partial charge in [-0.3, -0.25) is 4.68 Å². The van der Waals surface area contributed by atoms with Crippen molar-refractivity contribution >= 4 is 22.6 Å². The number of pyridine rings is 1.